The monoisotopic (exact) mass is 195 g/mol. The molecule has 0 fully saturated rings. The van der Waals surface area contributed by atoms with Gasteiger partial charge in [0.25, 0.3) is 0 Å². The zero-order valence-corrected chi connectivity index (χ0v) is 9.00. The van der Waals surface area contributed by atoms with E-state index < -0.39 is 5.97 Å². The molecule has 0 saturated heterocycles. The van der Waals surface area contributed by atoms with Crippen molar-refractivity contribution >= 4 is 5.97 Å². The molecule has 0 aromatic carbocycles. The molecule has 3 heteroatoms. The molecule has 0 aromatic heterocycles. The lowest BCUT2D eigenvalue weighted by Crippen LogP contribution is -2.20. The minimum absolute atomic E-state index is 0.111. The summed E-state index contributed by atoms with van der Waals surface area (Å²) in [5, 5.41) is 8.04. The molecule has 0 radical (unpaired) electrons. The first-order valence-electron chi connectivity index (χ1n) is 4.04. The van der Waals surface area contributed by atoms with Crippen LogP contribution in [0.1, 0.15) is 6.92 Å². The van der Waals surface area contributed by atoms with Gasteiger partial charge in [-0.3, -0.25) is 9.69 Å². The van der Waals surface area contributed by atoms with Crippen LogP contribution in [0.25, 0.3) is 0 Å². The fraction of sp³-hybridized carbons (Fsp3) is 0.364. The highest BCUT2D eigenvalue weighted by Crippen LogP contribution is 1.78. The zero-order chi connectivity index (χ0) is 11.6. The third kappa shape index (κ3) is 22.4. The van der Waals surface area contributed by atoms with Gasteiger partial charge in [0.2, 0.25) is 0 Å². The molecule has 1 N–H and O–H groups in total. The van der Waals surface area contributed by atoms with Crippen LogP contribution in [-0.2, 0) is 4.79 Å². The molecule has 0 saturated carbocycles. The number of hydrogen-bond acceptors (Lipinski definition) is 2. The Bertz CT molecular complexity index is 256. The zero-order valence-electron chi connectivity index (χ0n) is 9.00. The molecule has 0 spiro atoms. The highest BCUT2D eigenvalue weighted by molar-refractivity contribution is 5.68. The van der Waals surface area contributed by atoms with Gasteiger partial charge < -0.3 is 5.11 Å². The molecule has 3 nitrogen and oxygen atoms in total. The second-order valence-corrected chi connectivity index (χ2v) is 2.89. The molecule has 0 heterocycles. The van der Waals surface area contributed by atoms with E-state index in [4.69, 9.17) is 5.11 Å². The van der Waals surface area contributed by atoms with E-state index in [-0.39, 0.29) is 6.54 Å². The SMILES string of the molecule is C=CC#CC(=C)C.CN(C)CC(=O)O. The first-order chi connectivity index (χ1) is 6.40. The molecule has 0 aromatic rings. The van der Waals surface area contributed by atoms with Gasteiger partial charge in [0.15, 0.2) is 0 Å². The highest BCUT2D eigenvalue weighted by Gasteiger charge is 1.94. The highest BCUT2D eigenvalue weighted by atomic mass is 16.4. The second-order valence-electron chi connectivity index (χ2n) is 2.89. The lowest BCUT2D eigenvalue weighted by molar-refractivity contribution is -0.137. The molecular weight excluding hydrogens is 178 g/mol. The van der Waals surface area contributed by atoms with Gasteiger partial charge in [0, 0.05) is 0 Å². The molecule has 0 bridgehead atoms. The maximum absolute atomic E-state index is 9.77. The fourth-order valence-electron chi connectivity index (χ4n) is 0.445. The van der Waals surface area contributed by atoms with Crippen molar-refractivity contribution in [3.05, 3.63) is 24.8 Å². The molecule has 0 aliphatic carbocycles. The van der Waals surface area contributed by atoms with E-state index in [2.05, 4.69) is 25.0 Å². The Balaban J connectivity index is 0. The van der Waals surface area contributed by atoms with Crippen LogP contribution in [0.3, 0.4) is 0 Å². The summed E-state index contributed by atoms with van der Waals surface area (Å²) in [7, 11) is 3.43. The molecule has 0 amide bonds. The minimum Gasteiger partial charge on any atom is -0.480 e. The van der Waals surface area contributed by atoms with Crippen LogP contribution in [0.4, 0.5) is 0 Å². The predicted octanol–water partition coefficient (Wildman–Crippen LogP) is 1.38. The van der Waals surface area contributed by atoms with Crippen LogP contribution in [0.2, 0.25) is 0 Å². The van der Waals surface area contributed by atoms with Crippen molar-refractivity contribution in [2.24, 2.45) is 0 Å². The van der Waals surface area contributed by atoms with Crippen LogP contribution in [0.15, 0.2) is 24.8 Å². The largest absolute Gasteiger partial charge is 0.480 e. The van der Waals surface area contributed by atoms with E-state index in [9.17, 15) is 4.79 Å². The van der Waals surface area contributed by atoms with Crippen molar-refractivity contribution in [2.75, 3.05) is 20.6 Å². The number of carboxylic acids is 1. The quantitative estimate of drug-likeness (QED) is 0.677. The van der Waals surface area contributed by atoms with Gasteiger partial charge >= 0.3 is 5.97 Å². The normalized spacial score (nSPS) is 7.71. The molecule has 0 aliphatic heterocycles. The summed E-state index contributed by atoms with van der Waals surface area (Å²) in [5.41, 5.74) is 0.875. The Morgan fingerprint density at radius 2 is 2.07 bits per heavy atom. The summed E-state index contributed by atoms with van der Waals surface area (Å²) in [4.78, 5) is 11.4. The number of rotatable bonds is 2. The lowest BCUT2D eigenvalue weighted by atomic mass is 10.3. The average molecular weight is 195 g/mol. The molecule has 0 rings (SSSR count). The van der Waals surface area contributed by atoms with E-state index >= 15 is 0 Å². The van der Waals surface area contributed by atoms with Crippen LogP contribution in [0, 0.1) is 11.8 Å². The third-order valence-electron chi connectivity index (χ3n) is 0.839. The van der Waals surface area contributed by atoms with Gasteiger partial charge in [0.1, 0.15) is 0 Å². The van der Waals surface area contributed by atoms with Crippen LogP contribution in [0.5, 0.6) is 0 Å². The lowest BCUT2D eigenvalue weighted by Gasteiger charge is -2.01. The van der Waals surface area contributed by atoms with Gasteiger partial charge in [-0.05, 0) is 32.7 Å². The number of nitrogens with zero attached hydrogens (tertiary/aromatic N) is 1. The van der Waals surface area contributed by atoms with Gasteiger partial charge in [-0.2, -0.15) is 0 Å². The Hall–Kier alpha value is -1.53. The van der Waals surface area contributed by atoms with Crippen molar-refractivity contribution in [1.29, 1.82) is 0 Å². The van der Waals surface area contributed by atoms with Crippen molar-refractivity contribution in [1.82, 2.24) is 4.90 Å². The van der Waals surface area contributed by atoms with E-state index in [1.807, 2.05) is 6.92 Å². The van der Waals surface area contributed by atoms with E-state index in [0.717, 1.165) is 5.57 Å². The number of aliphatic carboxylic acids is 1. The van der Waals surface area contributed by atoms with Gasteiger partial charge in [-0.1, -0.05) is 25.0 Å². The minimum atomic E-state index is -0.787. The maximum atomic E-state index is 9.77. The number of likely N-dealkylation sites (N-methyl/N-ethyl adjacent to an activating group) is 1. The molecule has 14 heavy (non-hydrogen) atoms. The first-order valence-corrected chi connectivity index (χ1v) is 4.04. The summed E-state index contributed by atoms with van der Waals surface area (Å²) in [6.07, 6.45) is 1.55. The predicted molar refractivity (Wildman–Crippen MR) is 59.0 cm³/mol. The second kappa shape index (κ2) is 9.56. The molecule has 0 unspecified atom stereocenters. The van der Waals surface area contributed by atoms with E-state index in [1.165, 1.54) is 0 Å². The van der Waals surface area contributed by atoms with Gasteiger partial charge in [0.05, 0.1) is 6.54 Å². The number of carbonyl (C=O) groups is 1. The Kier molecular flexibility index (Phi) is 10.2. The molecule has 0 aliphatic rings. The van der Waals surface area contributed by atoms with Gasteiger partial charge in [-0.25, -0.2) is 0 Å². The number of carboxylic acid groups (broad SMARTS) is 1. The van der Waals surface area contributed by atoms with E-state index in [1.54, 1.807) is 25.1 Å². The Labute approximate surface area is 85.7 Å². The Morgan fingerprint density at radius 1 is 1.57 bits per heavy atom. The van der Waals surface area contributed by atoms with Crippen LogP contribution in [-0.4, -0.2) is 36.6 Å². The third-order valence-corrected chi connectivity index (χ3v) is 0.839. The number of hydrogen-bond donors (Lipinski definition) is 1. The van der Waals surface area contributed by atoms with Crippen molar-refractivity contribution in [2.45, 2.75) is 6.92 Å². The smallest absolute Gasteiger partial charge is 0.317 e. The summed E-state index contributed by atoms with van der Waals surface area (Å²) in [6, 6.07) is 0. The fourth-order valence-corrected chi connectivity index (χ4v) is 0.445. The topological polar surface area (TPSA) is 40.5 Å². The van der Waals surface area contributed by atoms with Crippen LogP contribution >= 0.6 is 0 Å². The molecule has 78 valence electrons. The molecule has 0 atom stereocenters. The van der Waals surface area contributed by atoms with Crippen molar-refractivity contribution in [3.8, 4) is 11.8 Å². The average Bonchev–Trinajstić information content (AvgIpc) is 1.99. The van der Waals surface area contributed by atoms with Crippen molar-refractivity contribution < 1.29 is 9.90 Å². The maximum Gasteiger partial charge on any atom is 0.317 e. The molecular formula is C11H17NO2. The van der Waals surface area contributed by atoms with Crippen LogP contribution < -0.4 is 0 Å². The Morgan fingerprint density at radius 3 is 2.14 bits per heavy atom. The standard InChI is InChI=1S/C7H8.C4H9NO2/c1-4-5-6-7(2)3;1-5(2)3-4(6)7/h4H,1-2H2,3H3;3H2,1-2H3,(H,6,7). The number of allylic oxidation sites excluding steroid dienone is 2. The first kappa shape index (κ1) is 15.0. The summed E-state index contributed by atoms with van der Waals surface area (Å²) in [5.74, 6) is 4.61. The van der Waals surface area contributed by atoms with Gasteiger partial charge in [-0.15, -0.1) is 0 Å². The summed E-state index contributed by atoms with van der Waals surface area (Å²) >= 11 is 0. The summed E-state index contributed by atoms with van der Waals surface area (Å²) in [6.45, 7) is 8.96. The van der Waals surface area contributed by atoms with E-state index in [0.29, 0.717) is 0 Å². The summed E-state index contributed by atoms with van der Waals surface area (Å²) < 4.78 is 0. The van der Waals surface area contributed by atoms with Crippen molar-refractivity contribution in [3.63, 3.8) is 0 Å².